The van der Waals surface area contributed by atoms with Crippen molar-refractivity contribution in [3.63, 3.8) is 0 Å². The van der Waals surface area contributed by atoms with E-state index < -0.39 is 5.97 Å². The third kappa shape index (κ3) is 2.38. The van der Waals surface area contributed by atoms with Crippen molar-refractivity contribution in [1.82, 2.24) is 9.55 Å². The molecule has 0 radical (unpaired) electrons. The standard InChI is InChI=1S/C12H16N2O2S.ClH/c15-12(16)8-1-2-10-5-13-11(14(10)6-8)9-3-4-17-7-9;/h5,8-9H,1-4,6-7H2,(H,15,16);1H. The molecule has 2 atom stereocenters. The highest BCUT2D eigenvalue weighted by Crippen LogP contribution is 2.34. The van der Waals surface area contributed by atoms with Crippen LogP contribution in [0.25, 0.3) is 0 Å². The Morgan fingerprint density at radius 2 is 2.33 bits per heavy atom. The van der Waals surface area contributed by atoms with E-state index in [1.165, 1.54) is 17.9 Å². The van der Waals surface area contributed by atoms with Gasteiger partial charge in [-0.2, -0.15) is 11.8 Å². The van der Waals surface area contributed by atoms with E-state index in [0.717, 1.165) is 24.4 Å². The Bertz CT molecular complexity index is 443. The first-order valence-electron chi connectivity index (χ1n) is 6.10. The predicted molar refractivity (Wildman–Crippen MR) is 73.6 cm³/mol. The predicted octanol–water partition coefficient (Wildman–Crippen LogP) is 2.17. The lowest BCUT2D eigenvalue weighted by Crippen LogP contribution is -2.28. The highest BCUT2D eigenvalue weighted by Gasteiger charge is 2.29. The number of halogens is 1. The van der Waals surface area contributed by atoms with Gasteiger partial charge in [-0.05, 0) is 25.0 Å². The second-order valence-electron chi connectivity index (χ2n) is 4.85. The van der Waals surface area contributed by atoms with Gasteiger partial charge >= 0.3 is 5.97 Å². The van der Waals surface area contributed by atoms with Crippen molar-refractivity contribution >= 4 is 30.1 Å². The van der Waals surface area contributed by atoms with Crippen LogP contribution in [0.3, 0.4) is 0 Å². The Morgan fingerprint density at radius 3 is 3.00 bits per heavy atom. The average molecular weight is 289 g/mol. The number of imidazole rings is 1. The second-order valence-corrected chi connectivity index (χ2v) is 6.00. The number of fused-ring (bicyclic) bond motifs is 1. The highest BCUT2D eigenvalue weighted by atomic mass is 35.5. The van der Waals surface area contributed by atoms with Gasteiger partial charge in [-0.25, -0.2) is 4.98 Å². The molecule has 2 aliphatic heterocycles. The van der Waals surface area contributed by atoms with Gasteiger partial charge < -0.3 is 9.67 Å². The van der Waals surface area contributed by atoms with Gasteiger partial charge in [0.1, 0.15) is 5.82 Å². The van der Waals surface area contributed by atoms with Crippen LogP contribution in [0.4, 0.5) is 0 Å². The first kappa shape index (κ1) is 13.7. The Kier molecular flexibility index (Phi) is 4.22. The Hall–Kier alpha value is -0.680. The first-order chi connectivity index (χ1) is 8.25. The molecule has 0 aliphatic carbocycles. The average Bonchev–Trinajstić information content (AvgIpc) is 2.96. The number of aromatic nitrogens is 2. The summed E-state index contributed by atoms with van der Waals surface area (Å²) in [6.07, 6.45) is 4.72. The van der Waals surface area contributed by atoms with E-state index in [1.54, 1.807) is 0 Å². The van der Waals surface area contributed by atoms with Crippen molar-refractivity contribution in [3.05, 3.63) is 17.7 Å². The van der Waals surface area contributed by atoms with Crippen LogP contribution in [-0.4, -0.2) is 32.1 Å². The third-order valence-electron chi connectivity index (χ3n) is 3.77. The van der Waals surface area contributed by atoms with Gasteiger partial charge in [-0.1, -0.05) is 0 Å². The molecule has 18 heavy (non-hydrogen) atoms. The molecule has 0 aromatic carbocycles. The minimum absolute atomic E-state index is 0. The van der Waals surface area contributed by atoms with Gasteiger partial charge in [0.15, 0.2) is 0 Å². The van der Waals surface area contributed by atoms with Crippen LogP contribution < -0.4 is 0 Å². The molecule has 0 amide bonds. The number of carboxylic acid groups (broad SMARTS) is 1. The van der Waals surface area contributed by atoms with Crippen molar-refractivity contribution in [2.75, 3.05) is 11.5 Å². The van der Waals surface area contributed by atoms with Gasteiger partial charge in [0.05, 0.1) is 5.92 Å². The molecule has 1 N–H and O–H groups in total. The van der Waals surface area contributed by atoms with Gasteiger partial charge in [0, 0.05) is 30.1 Å². The molecule has 1 aromatic heterocycles. The monoisotopic (exact) mass is 288 g/mol. The molecule has 2 unspecified atom stereocenters. The van der Waals surface area contributed by atoms with Crippen molar-refractivity contribution in [3.8, 4) is 0 Å². The number of hydrogen-bond donors (Lipinski definition) is 1. The maximum Gasteiger partial charge on any atom is 0.308 e. The maximum atomic E-state index is 11.1. The van der Waals surface area contributed by atoms with Gasteiger partial charge in [-0.3, -0.25) is 4.79 Å². The number of aryl methyl sites for hydroxylation is 1. The van der Waals surface area contributed by atoms with E-state index >= 15 is 0 Å². The highest BCUT2D eigenvalue weighted by molar-refractivity contribution is 7.99. The van der Waals surface area contributed by atoms with Crippen LogP contribution in [0.5, 0.6) is 0 Å². The summed E-state index contributed by atoms with van der Waals surface area (Å²) in [5.41, 5.74) is 1.22. The number of carboxylic acids is 1. The number of rotatable bonds is 2. The molecule has 0 saturated carbocycles. The summed E-state index contributed by atoms with van der Waals surface area (Å²) >= 11 is 1.97. The fourth-order valence-corrected chi connectivity index (χ4v) is 3.95. The van der Waals surface area contributed by atoms with Crippen LogP contribution in [0.1, 0.15) is 30.3 Å². The zero-order chi connectivity index (χ0) is 11.8. The summed E-state index contributed by atoms with van der Waals surface area (Å²) in [6.45, 7) is 0.612. The fraction of sp³-hybridized carbons (Fsp3) is 0.667. The number of aliphatic carboxylic acids is 1. The van der Waals surface area contributed by atoms with Crippen LogP contribution >= 0.6 is 24.2 Å². The van der Waals surface area contributed by atoms with Crippen LogP contribution in [0.15, 0.2) is 6.20 Å². The summed E-state index contributed by atoms with van der Waals surface area (Å²) in [6, 6.07) is 0. The summed E-state index contributed by atoms with van der Waals surface area (Å²) in [7, 11) is 0. The fourth-order valence-electron chi connectivity index (χ4n) is 2.74. The molecule has 1 saturated heterocycles. The number of hydrogen-bond acceptors (Lipinski definition) is 3. The van der Waals surface area contributed by atoms with Crippen molar-refractivity contribution < 1.29 is 9.90 Å². The van der Waals surface area contributed by atoms with E-state index in [2.05, 4.69) is 9.55 Å². The Labute approximate surface area is 117 Å². The lowest BCUT2D eigenvalue weighted by molar-refractivity contribution is -0.142. The van der Waals surface area contributed by atoms with Crippen molar-refractivity contribution in [2.24, 2.45) is 5.92 Å². The van der Waals surface area contributed by atoms with Crippen LogP contribution in [-0.2, 0) is 17.8 Å². The molecule has 1 aromatic rings. The maximum absolute atomic E-state index is 11.1. The van der Waals surface area contributed by atoms with Gasteiger partial charge in [0.2, 0.25) is 0 Å². The number of nitrogens with zero attached hydrogens (tertiary/aromatic N) is 2. The van der Waals surface area contributed by atoms with Crippen molar-refractivity contribution in [1.29, 1.82) is 0 Å². The van der Waals surface area contributed by atoms with E-state index in [1.807, 2.05) is 18.0 Å². The summed E-state index contributed by atoms with van der Waals surface area (Å²) in [5.74, 6) is 3.08. The summed E-state index contributed by atoms with van der Waals surface area (Å²) in [5, 5.41) is 9.12. The van der Waals surface area contributed by atoms with Crippen LogP contribution in [0.2, 0.25) is 0 Å². The smallest absolute Gasteiger partial charge is 0.308 e. The van der Waals surface area contributed by atoms with Crippen LogP contribution in [0, 0.1) is 5.92 Å². The largest absolute Gasteiger partial charge is 0.481 e. The zero-order valence-corrected chi connectivity index (χ0v) is 11.7. The SMILES string of the molecule is Cl.O=C(O)C1CCc2cnc(C3CCSC3)n2C1. The molecule has 3 heterocycles. The Balaban J connectivity index is 0.00000120. The molecular formula is C12H17ClN2O2S. The minimum atomic E-state index is -0.670. The lowest BCUT2D eigenvalue weighted by Gasteiger charge is -2.23. The van der Waals surface area contributed by atoms with Crippen molar-refractivity contribution in [2.45, 2.75) is 31.7 Å². The molecule has 3 rings (SSSR count). The molecule has 1 fully saturated rings. The third-order valence-corrected chi connectivity index (χ3v) is 4.93. The molecule has 2 aliphatic rings. The zero-order valence-electron chi connectivity index (χ0n) is 10.0. The topological polar surface area (TPSA) is 55.1 Å². The van der Waals surface area contributed by atoms with E-state index in [9.17, 15) is 4.79 Å². The summed E-state index contributed by atoms with van der Waals surface area (Å²) in [4.78, 5) is 15.6. The molecular weight excluding hydrogens is 272 g/mol. The normalized spacial score (nSPS) is 26.4. The molecule has 6 heteroatoms. The van der Waals surface area contributed by atoms with E-state index in [4.69, 9.17) is 5.11 Å². The summed E-state index contributed by atoms with van der Waals surface area (Å²) < 4.78 is 2.17. The second kappa shape index (κ2) is 5.53. The number of thioether (sulfide) groups is 1. The Morgan fingerprint density at radius 1 is 1.50 bits per heavy atom. The molecule has 0 bridgehead atoms. The minimum Gasteiger partial charge on any atom is -0.481 e. The molecule has 0 spiro atoms. The van der Waals surface area contributed by atoms with Gasteiger partial charge in [-0.15, -0.1) is 12.4 Å². The van der Waals surface area contributed by atoms with E-state index in [0.29, 0.717) is 12.5 Å². The van der Waals surface area contributed by atoms with E-state index in [-0.39, 0.29) is 18.3 Å². The molecule has 4 nitrogen and oxygen atoms in total. The lowest BCUT2D eigenvalue weighted by atomic mass is 9.97. The first-order valence-corrected chi connectivity index (χ1v) is 7.26. The molecule has 100 valence electrons. The number of carbonyl (C=O) groups is 1. The van der Waals surface area contributed by atoms with Gasteiger partial charge in [0.25, 0.3) is 0 Å². The quantitative estimate of drug-likeness (QED) is 0.906.